The van der Waals surface area contributed by atoms with Crippen LogP contribution < -0.4 is 9.47 Å². The molecule has 0 spiro atoms. The Morgan fingerprint density at radius 1 is 1.10 bits per heavy atom. The van der Waals surface area contributed by atoms with Gasteiger partial charge in [-0.3, -0.25) is 0 Å². The molecule has 2 aromatic carbocycles. The average molecular weight is 397 g/mol. The molecular weight excluding hydrogens is 386 g/mol. The van der Waals surface area contributed by atoms with Crippen molar-refractivity contribution in [2.24, 2.45) is 0 Å². The van der Waals surface area contributed by atoms with Gasteiger partial charge >= 0.3 is 0 Å². The van der Waals surface area contributed by atoms with Crippen LogP contribution in [-0.2, 0) is 6.61 Å². The normalized spacial score (nSPS) is 9.90. The van der Waals surface area contributed by atoms with Gasteiger partial charge in [0.25, 0.3) is 0 Å². The zero-order chi connectivity index (χ0) is 14.5. The molecule has 0 aromatic heterocycles. The highest BCUT2D eigenvalue weighted by atomic mass is 79.9. The number of nitrogens with zero attached hydrogens (tertiary/aromatic N) is 1. The van der Waals surface area contributed by atoms with E-state index in [0.717, 1.165) is 20.3 Å². The lowest BCUT2D eigenvalue weighted by atomic mass is 10.1. The molecule has 0 aliphatic carbocycles. The van der Waals surface area contributed by atoms with Gasteiger partial charge in [0.15, 0.2) is 0 Å². The number of ether oxygens (including phenoxy) is 2. The maximum Gasteiger partial charge on any atom is 0.135 e. The Hall–Kier alpha value is -1.51. The molecule has 0 heterocycles. The zero-order valence-electron chi connectivity index (χ0n) is 10.7. The number of nitriles is 1. The Kier molecular flexibility index (Phi) is 5.05. The lowest BCUT2D eigenvalue weighted by Crippen LogP contribution is -1.99. The highest BCUT2D eigenvalue weighted by molar-refractivity contribution is 9.11. The highest BCUT2D eigenvalue weighted by Crippen LogP contribution is 2.36. The molecule has 0 radical (unpaired) electrons. The maximum atomic E-state index is 9.04. The summed E-state index contributed by atoms with van der Waals surface area (Å²) in [6.45, 7) is 0.334. The second-order valence-electron chi connectivity index (χ2n) is 3.97. The first-order chi connectivity index (χ1) is 9.65. The number of methoxy groups -OCH3 is 1. The van der Waals surface area contributed by atoms with E-state index in [9.17, 15) is 0 Å². The summed E-state index contributed by atoms with van der Waals surface area (Å²) in [4.78, 5) is 0. The third kappa shape index (κ3) is 3.33. The van der Waals surface area contributed by atoms with E-state index in [1.165, 1.54) is 0 Å². The van der Waals surface area contributed by atoms with Crippen molar-refractivity contribution < 1.29 is 9.47 Å². The Bertz CT molecular complexity index is 665. The van der Waals surface area contributed by atoms with Gasteiger partial charge in [-0.2, -0.15) is 5.26 Å². The van der Waals surface area contributed by atoms with Crippen molar-refractivity contribution in [2.45, 2.75) is 6.61 Å². The van der Waals surface area contributed by atoms with E-state index in [-0.39, 0.29) is 0 Å². The van der Waals surface area contributed by atoms with Crippen LogP contribution in [0.25, 0.3) is 0 Å². The molecular formula is C15H11Br2NO2. The quantitative estimate of drug-likeness (QED) is 0.753. The molecule has 0 N–H and O–H groups in total. The van der Waals surface area contributed by atoms with E-state index in [1.807, 2.05) is 30.3 Å². The molecule has 0 fully saturated rings. The fraction of sp³-hybridized carbons (Fsp3) is 0.133. The minimum Gasteiger partial charge on any atom is -0.496 e. The molecule has 5 heteroatoms. The standard InChI is InChI=1S/C15H11Br2NO2/c1-19-14-6-13(17)15(7-12(14)16)20-9-11-5-3-2-4-10(11)8-18/h2-7H,9H2,1H3. The first-order valence-electron chi connectivity index (χ1n) is 5.79. The topological polar surface area (TPSA) is 42.2 Å². The molecule has 102 valence electrons. The summed E-state index contributed by atoms with van der Waals surface area (Å²) in [6, 6.07) is 13.2. The summed E-state index contributed by atoms with van der Waals surface area (Å²) in [6.07, 6.45) is 0. The van der Waals surface area contributed by atoms with Gasteiger partial charge in [0.1, 0.15) is 18.1 Å². The molecule has 0 bridgehead atoms. The van der Waals surface area contributed by atoms with Gasteiger partial charge in [0.05, 0.1) is 27.7 Å². The van der Waals surface area contributed by atoms with Crippen molar-refractivity contribution in [3.8, 4) is 17.6 Å². The van der Waals surface area contributed by atoms with Crippen LogP contribution in [0, 0.1) is 11.3 Å². The Balaban J connectivity index is 2.19. The van der Waals surface area contributed by atoms with Crippen molar-refractivity contribution in [2.75, 3.05) is 7.11 Å². The van der Waals surface area contributed by atoms with Crippen molar-refractivity contribution in [3.05, 3.63) is 56.5 Å². The van der Waals surface area contributed by atoms with Gasteiger partial charge in [-0.15, -0.1) is 0 Å². The fourth-order valence-electron chi connectivity index (χ4n) is 1.69. The highest BCUT2D eigenvalue weighted by Gasteiger charge is 2.09. The van der Waals surface area contributed by atoms with E-state index in [4.69, 9.17) is 14.7 Å². The van der Waals surface area contributed by atoms with Crippen molar-refractivity contribution in [3.63, 3.8) is 0 Å². The molecule has 20 heavy (non-hydrogen) atoms. The van der Waals surface area contributed by atoms with Gasteiger partial charge < -0.3 is 9.47 Å². The maximum absolute atomic E-state index is 9.04. The predicted octanol–water partition coefficient (Wildman–Crippen LogP) is 4.67. The molecule has 0 atom stereocenters. The van der Waals surface area contributed by atoms with Crippen LogP contribution in [0.1, 0.15) is 11.1 Å². The lowest BCUT2D eigenvalue weighted by molar-refractivity contribution is 0.303. The summed E-state index contributed by atoms with van der Waals surface area (Å²) in [5.74, 6) is 1.41. The van der Waals surface area contributed by atoms with Crippen LogP contribution in [0.4, 0.5) is 0 Å². The molecule has 0 aliphatic rings. The molecule has 2 rings (SSSR count). The monoisotopic (exact) mass is 395 g/mol. The molecule has 0 saturated heterocycles. The molecule has 2 aromatic rings. The first-order valence-corrected chi connectivity index (χ1v) is 7.38. The van der Waals surface area contributed by atoms with Crippen LogP contribution in [0.15, 0.2) is 45.3 Å². The van der Waals surface area contributed by atoms with Crippen LogP contribution in [0.5, 0.6) is 11.5 Å². The third-order valence-corrected chi connectivity index (χ3v) is 3.97. The number of halogens is 2. The largest absolute Gasteiger partial charge is 0.496 e. The fourth-order valence-corrected chi connectivity index (χ4v) is 2.61. The van der Waals surface area contributed by atoms with Crippen LogP contribution in [0.3, 0.4) is 0 Å². The van der Waals surface area contributed by atoms with Gasteiger partial charge in [-0.1, -0.05) is 18.2 Å². The number of benzene rings is 2. The molecule has 3 nitrogen and oxygen atoms in total. The summed E-state index contributed by atoms with van der Waals surface area (Å²) in [7, 11) is 1.61. The van der Waals surface area contributed by atoms with E-state index < -0.39 is 0 Å². The van der Waals surface area contributed by atoms with E-state index in [2.05, 4.69) is 37.9 Å². The number of hydrogen-bond acceptors (Lipinski definition) is 3. The molecule has 0 amide bonds. The van der Waals surface area contributed by atoms with Crippen LogP contribution in [-0.4, -0.2) is 7.11 Å². The molecule has 0 aliphatic heterocycles. The van der Waals surface area contributed by atoms with Crippen LogP contribution >= 0.6 is 31.9 Å². The average Bonchev–Trinajstić information content (AvgIpc) is 2.48. The second-order valence-corrected chi connectivity index (χ2v) is 5.68. The van der Waals surface area contributed by atoms with Gasteiger partial charge in [0.2, 0.25) is 0 Å². The van der Waals surface area contributed by atoms with E-state index >= 15 is 0 Å². The lowest BCUT2D eigenvalue weighted by Gasteiger charge is -2.11. The first kappa shape index (κ1) is 14.9. The second kappa shape index (κ2) is 6.78. The van der Waals surface area contributed by atoms with Gasteiger partial charge in [-0.25, -0.2) is 0 Å². The van der Waals surface area contributed by atoms with Crippen molar-refractivity contribution in [1.82, 2.24) is 0 Å². The summed E-state index contributed by atoms with van der Waals surface area (Å²) in [5, 5.41) is 9.04. The summed E-state index contributed by atoms with van der Waals surface area (Å²) >= 11 is 6.86. The summed E-state index contributed by atoms with van der Waals surface area (Å²) in [5.41, 5.74) is 1.48. The van der Waals surface area contributed by atoms with E-state index in [0.29, 0.717) is 17.9 Å². The molecule has 0 unspecified atom stereocenters. The van der Waals surface area contributed by atoms with Crippen LogP contribution in [0.2, 0.25) is 0 Å². The zero-order valence-corrected chi connectivity index (χ0v) is 13.9. The SMILES string of the molecule is COc1cc(Br)c(OCc2ccccc2C#N)cc1Br. The van der Waals surface area contributed by atoms with Crippen molar-refractivity contribution >= 4 is 31.9 Å². The minimum absolute atomic E-state index is 0.334. The van der Waals surface area contributed by atoms with Gasteiger partial charge in [0, 0.05) is 5.56 Å². The number of rotatable bonds is 4. The molecule has 0 saturated carbocycles. The predicted molar refractivity (Wildman–Crippen MR) is 83.9 cm³/mol. The van der Waals surface area contributed by atoms with E-state index in [1.54, 1.807) is 13.2 Å². The Labute approximate surface area is 134 Å². The van der Waals surface area contributed by atoms with Gasteiger partial charge in [-0.05, 0) is 50.1 Å². The smallest absolute Gasteiger partial charge is 0.135 e. The Morgan fingerprint density at radius 3 is 2.45 bits per heavy atom. The van der Waals surface area contributed by atoms with Crippen molar-refractivity contribution in [1.29, 1.82) is 5.26 Å². The third-order valence-electron chi connectivity index (χ3n) is 2.73. The number of hydrogen-bond donors (Lipinski definition) is 0. The Morgan fingerprint density at radius 2 is 1.75 bits per heavy atom. The summed E-state index contributed by atoms with van der Waals surface area (Å²) < 4.78 is 12.6. The minimum atomic E-state index is 0.334.